The molecular weight excluding hydrogens is 458 g/mol. The highest BCUT2D eigenvalue weighted by Gasteiger charge is 2.08. The largest absolute Gasteiger partial charge is 0.340 e. The van der Waals surface area contributed by atoms with Crippen LogP contribution >= 0.6 is 0 Å². The predicted octanol–water partition coefficient (Wildman–Crippen LogP) is 7.61. The van der Waals surface area contributed by atoms with E-state index in [4.69, 9.17) is 0 Å². The first-order valence-electron chi connectivity index (χ1n) is 12.2. The molecule has 0 saturated heterocycles. The number of aromatic nitrogens is 3. The van der Waals surface area contributed by atoms with Gasteiger partial charge in [0.15, 0.2) is 0 Å². The fourth-order valence-corrected chi connectivity index (χ4v) is 3.42. The second kappa shape index (κ2) is 13.4. The van der Waals surface area contributed by atoms with Crippen LogP contribution in [0.5, 0.6) is 0 Å². The van der Waals surface area contributed by atoms with Gasteiger partial charge in [0.2, 0.25) is 6.41 Å². The number of rotatable bonds is 6. The number of H-pyrrole nitrogens is 1. The maximum Gasteiger partial charge on any atom is 0.211 e. The number of nitrogens with one attached hydrogen (secondary N) is 3. The highest BCUT2D eigenvalue weighted by Crippen LogP contribution is 2.24. The van der Waals surface area contributed by atoms with Gasteiger partial charge >= 0.3 is 0 Å². The standard InChI is InChI=1S/C22H19N5O.C7H8.C2H6/c1-14-3-5-16(6-4-14)15(2)25-21-11-19-20(12-23-21)27-22(26-19)17-7-9-18(10-8-17)24-13-28;1-7-5-3-2-4-6-7;1-2/h3-13H,2H2,1H3,(H,23,25)(H,24,28)(H,26,27);2-6H,1H3;1-2H3. The molecule has 5 rings (SSSR count). The van der Waals surface area contributed by atoms with Crippen LogP contribution in [0.1, 0.15) is 30.5 Å². The Balaban J connectivity index is 0.000000361. The SMILES string of the molecule is C=C(Nc1cc2nc(-c3ccc(NC=O)cc3)[nH]c2cn1)c1ccc(C)cc1.CC.Cc1ccccc1. The third-order valence-electron chi connectivity index (χ3n) is 5.37. The minimum Gasteiger partial charge on any atom is -0.340 e. The number of carbonyl (C=O) groups excluding carboxylic acids is 1. The van der Waals surface area contributed by atoms with E-state index < -0.39 is 0 Å². The summed E-state index contributed by atoms with van der Waals surface area (Å²) in [6.07, 6.45) is 2.40. The van der Waals surface area contributed by atoms with E-state index in [1.807, 2.05) is 74.5 Å². The van der Waals surface area contributed by atoms with Crippen molar-refractivity contribution in [2.24, 2.45) is 0 Å². The molecule has 0 fully saturated rings. The molecule has 6 nitrogen and oxygen atoms in total. The van der Waals surface area contributed by atoms with Gasteiger partial charge < -0.3 is 15.6 Å². The summed E-state index contributed by atoms with van der Waals surface area (Å²) in [5, 5.41) is 5.86. The predicted molar refractivity (Wildman–Crippen MR) is 155 cm³/mol. The van der Waals surface area contributed by atoms with Crippen LogP contribution in [0.4, 0.5) is 11.5 Å². The highest BCUT2D eigenvalue weighted by atomic mass is 16.1. The number of hydrogen-bond donors (Lipinski definition) is 3. The van der Waals surface area contributed by atoms with Crippen LogP contribution in [-0.4, -0.2) is 21.4 Å². The average Bonchev–Trinajstić information content (AvgIpc) is 3.35. The van der Waals surface area contributed by atoms with Crippen molar-refractivity contribution >= 4 is 34.6 Å². The van der Waals surface area contributed by atoms with Crippen LogP contribution in [0.25, 0.3) is 28.1 Å². The molecule has 0 aliphatic carbocycles. The molecule has 2 aromatic heterocycles. The molecule has 0 unspecified atom stereocenters. The molecule has 6 heteroatoms. The fourth-order valence-electron chi connectivity index (χ4n) is 3.42. The summed E-state index contributed by atoms with van der Waals surface area (Å²) >= 11 is 0. The third kappa shape index (κ3) is 7.64. The second-order valence-corrected chi connectivity index (χ2v) is 8.14. The summed E-state index contributed by atoms with van der Waals surface area (Å²) in [7, 11) is 0. The molecule has 0 spiro atoms. The fraction of sp³-hybridized carbons (Fsp3) is 0.129. The normalized spacial score (nSPS) is 9.84. The number of aromatic amines is 1. The number of nitrogens with zero attached hydrogens (tertiary/aromatic N) is 2. The molecule has 0 bridgehead atoms. The Morgan fingerprint density at radius 2 is 1.54 bits per heavy atom. The first kappa shape index (κ1) is 26.9. The lowest BCUT2D eigenvalue weighted by Crippen LogP contribution is -1.99. The smallest absolute Gasteiger partial charge is 0.211 e. The van der Waals surface area contributed by atoms with Crippen LogP contribution in [0.3, 0.4) is 0 Å². The quantitative estimate of drug-likeness (QED) is 0.214. The summed E-state index contributed by atoms with van der Waals surface area (Å²) in [4.78, 5) is 22.9. The van der Waals surface area contributed by atoms with Crippen LogP contribution < -0.4 is 10.6 Å². The van der Waals surface area contributed by atoms with E-state index in [0.29, 0.717) is 12.2 Å². The Bertz CT molecular complexity index is 1420. The summed E-state index contributed by atoms with van der Waals surface area (Å²) < 4.78 is 0. The Labute approximate surface area is 218 Å². The zero-order valence-corrected chi connectivity index (χ0v) is 21.7. The molecule has 3 N–H and O–H groups in total. The van der Waals surface area contributed by atoms with Gasteiger partial charge in [-0.25, -0.2) is 9.97 Å². The zero-order valence-electron chi connectivity index (χ0n) is 21.7. The number of hydrogen-bond acceptors (Lipinski definition) is 4. The van der Waals surface area contributed by atoms with Crippen molar-refractivity contribution in [3.63, 3.8) is 0 Å². The number of imidazole rings is 1. The lowest BCUT2D eigenvalue weighted by Gasteiger charge is -2.09. The molecule has 0 radical (unpaired) electrons. The molecule has 37 heavy (non-hydrogen) atoms. The van der Waals surface area contributed by atoms with Crippen molar-refractivity contribution in [2.75, 3.05) is 10.6 Å². The number of pyridine rings is 1. The van der Waals surface area contributed by atoms with Gasteiger partial charge in [-0.15, -0.1) is 0 Å². The van der Waals surface area contributed by atoms with E-state index in [2.05, 4.69) is 70.3 Å². The molecule has 0 aliphatic rings. The van der Waals surface area contributed by atoms with E-state index in [1.165, 1.54) is 11.1 Å². The van der Waals surface area contributed by atoms with Crippen LogP contribution in [0.15, 0.2) is 97.7 Å². The van der Waals surface area contributed by atoms with Crippen LogP contribution in [0.2, 0.25) is 0 Å². The van der Waals surface area contributed by atoms with E-state index in [0.717, 1.165) is 39.4 Å². The Morgan fingerprint density at radius 3 is 2.14 bits per heavy atom. The van der Waals surface area contributed by atoms with Crippen molar-refractivity contribution in [3.8, 4) is 11.4 Å². The van der Waals surface area contributed by atoms with Gasteiger partial charge in [-0.05, 0) is 43.7 Å². The molecule has 2 heterocycles. The molecule has 0 saturated carbocycles. The number of benzene rings is 3. The summed E-state index contributed by atoms with van der Waals surface area (Å²) in [6, 6.07) is 27.8. The minimum absolute atomic E-state index is 0.654. The Hall–Kier alpha value is -4.71. The van der Waals surface area contributed by atoms with Gasteiger partial charge in [-0.3, -0.25) is 4.79 Å². The summed E-state index contributed by atoms with van der Waals surface area (Å²) in [5.74, 6) is 1.42. The molecule has 188 valence electrons. The number of aryl methyl sites for hydroxylation is 2. The van der Waals surface area contributed by atoms with Gasteiger partial charge in [-0.1, -0.05) is 86.2 Å². The van der Waals surface area contributed by atoms with E-state index in [-0.39, 0.29) is 0 Å². The Morgan fingerprint density at radius 1 is 0.892 bits per heavy atom. The van der Waals surface area contributed by atoms with Gasteiger partial charge in [0.05, 0.1) is 17.2 Å². The van der Waals surface area contributed by atoms with Gasteiger partial charge in [0.25, 0.3) is 0 Å². The second-order valence-electron chi connectivity index (χ2n) is 8.14. The van der Waals surface area contributed by atoms with Crippen molar-refractivity contribution < 1.29 is 4.79 Å². The highest BCUT2D eigenvalue weighted by molar-refractivity contribution is 5.83. The minimum atomic E-state index is 0.654. The Kier molecular flexibility index (Phi) is 9.74. The third-order valence-corrected chi connectivity index (χ3v) is 5.37. The maximum atomic E-state index is 10.5. The maximum absolute atomic E-state index is 10.5. The number of amides is 1. The van der Waals surface area contributed by atoms with E-state index in [1.54, 1.807) is 6.20 Å². The number of fused-ring (bicyclic) bond motifs is 1. The van der Waals surface area contributed by atoms with E-state index >= 15 is 0 Å². The van der Waals surface area contributed by atoms with Crippen LogP contribution in [0, 0.1) is 13.8 Å². The molecule has 0 atom stereocenters. The number of carbonyl (C=O) groups is 1. The van der Waals surface area contributed by atoms with Gasteiger partial charge in [0.1, 0.15) is 11.6 Å². The van der Waals surface area contributed by atoms with Crippen LogP contribution in [-0.2, 0) is 4.79 Å². The van der Waals surface area contributed by atoms with Crippen molar-refractivity contribution in [3.05, 3.63) is 114 Å². The average molecular weight is 492 g/mol. The van der Waals surface area contributed by atoms with Crippen molar-refractivity contribution in [2.45, 2.75) is 27.7 Å². The molecular formula is C31H33N5O. The zero-order chi connectivity index (χ0) is 26.6. The monoisotopic (exact) mass is 491 g/mol. The molecule has 0 aliphatic heterocycles. The lowest BCUT2D eigenvalue weighted by atomic mass is 10.1. The summed E-state index contributed by atoms with van der Waals surface area (Å²) in [6.45, 7) is 12.2. The topological polar surface area (TPSA) is 82.7 Å². The van der Waals surface area contributed by atoms with Crippen molar-refractivity contribution in [1.82, 2.24) is 15.0 Å². The number of anilines is 2. The lowest BCUT2D eigenvalue weighted by molar-refractivity contribution is -0.105. The molecule has 3 aromatic carbocycles. The van der Waals surface area contributed by atoms with Gasteiger partial charge in [0, 0.05) is 23.0 Å². The molecule has 1 amide bonds. The first-order chi connectivity index (χ1) is 18.0. The first-order valence-corrected chi connectivity index (χ1v) is 12.2. The summed E-state index contributed by atoms with van der Waals surface area (Å²) in [5.41, 5.74) is 7.62. The molecule has 5 aromatic rings. The van der Waals surface area contributed by atoms with Crippen molar-refractivity contribution in [1.29, 1.82) is 0 Å². The van der Waals surface area contributed by atoms with Gasteiger partial charge in [-0.2, -0.15) is 0 Å². The van der Waals surface area contributed by atoms with E-state index in [9.17, 15) is 4.79 Å².